The molecule has 0 spiro atoms. The molecule has 1 heterocycles. The molecule has 1 aromatic carbocycles. The molecule has 0 fully saturated rings. The lowest BCUT2D eigenvalue weighted by Gasteiger charge is -2.17. The second-order valence-corrected chi connectivity index (χ2v) is 4.05. The van der Waals surface area contributed by atoms with Crippen LogP contribution in [0.15, 0.2) is 18.2 Å². The minimum atomic E-state index is -0.564. The number of amides is 1. The van der Waals surface area contributed by atoms with Crippen LogP contribution in [0.25, 0.3) is 0 Å². The highest BCUT2D eigenvalue weighted by atomic mass is 16.5. The Bertz CT molecular complexity index is 429. The molecule has 0 saturated heterocycles. The van der Waals surface area contributed by atoms with Crippen molar-refractivity contribution in [1.82, 2.24) is 5.32 Å². The van der Waals surface area contributed by atoms with Gasteiger partial charge in [0, 0.05) is 6.54 Å². The number of fused-ring (bicyclic) bond motifs is 1. The number of ether oxygens (including phenoxy) is 1. The maximum atomic E-state index is 10.7. The van der Waals surface area contributed by atoms with Crippen LogP contribution in [0.1, 0.15) is 17.5 Å². The Balaban J connectivity index is 1.93. The Morgan fingerprint density at radius 3 is 3.18 bits per heavy atom. The van der Waals surface area contributed by atoms with Crippen LogP contribution in [0.3, 0.4) is 0 Å². The van der Waals surface area contributed by atoms with Crippen molar-refractivity contribution in [3.63, 3.8) is 0 Å². The third-order valence-corrected chi connectivity index (χ3v) is 2.79. The maximum absolute atomic E-state index is 10.7. The second kappa shape index (κ2) is 5.48. The molecule has 17 heavy (non-hydrogen) atoms. The van der Waals surface area contributed by atoms with Crippen LogP contribution in [0.4, 0.5) is 0 Å². The van der Waals surface area contributed by atoms with Gasteiger partial charge in [0.2, 0.25) is 6.29 Å². The smallest absolute Gasteiger partial charge is 0.284 e. The summed E-state index contributed by atoms with van der Waals surface area (Å²) in [6.45, 7) is 1.28. The van der Waals surface area contributed by atoms with Gasteiger partial charge < -0.3 is 10.1 Å². The highest BCUT2D eigenvalue weighted by Gasteiger charge is 2.10. The van der Waals surface area contributed by atoms with E-state index in [1.54, 1.807) is 0 Å². The second-order valence-electron chi connectivity index (χ2n) is 4.05. The van der Waals surface area contributed by atoms with Gasteiger partial charge in [-0.3, -0.25) is 9.59 Å². The number of rotatable bonds is 4. The summed E-state index contributed by atoms with van der Waals surface area (Å²) in [7, 11) is 0. The van der Waals surface area contributed by atoms with E-state index in [1.165, 1.54) is 5.56 Å². The third kappa shape index (κ3) is 3.06. The molecule has 0 aromatic heterocycles. The van der Waals surface area contributed by atoms with Crippen molar-refractivity contribution in [2.75, 3.05) is 13.2 Å². The van der Waals surface area contributed by atoms with E-state index in [0.29, 0.717) is 12.8 Å². The molecule has 1 N–H and O–H groups in total. The zero-order valence-electron chi connectivity index (χ0n) is 9.57. The van der Waals surface area contributed by atoms with Gasteiger partial charge in [-0.1, -0.05) is 12.1 Å². The summed E-state index contributed by atoms with van der Waals surface area (Å²) < 4.78 is 5.52. The van der Waals surface area contributed by atoms with Crippen molar-refractivity contribution >= 4 is 12.2 Å². The molecule has 1 aliphatic heterocycles. The Hall–Kier alpha value is -1.84. The fourth-order valence-electron chi connectivity index (χ4n) is 1.94. The van der Waals surface area contributed by atoms with Crippen LogP contribution in [-0.2, 0) is 22.4 Å². The molecule has 4 heteroatoms. The Morgan fingerprint density at radius 2 is 2.35 bits per heavy atom. The molecule has 0 unspecified atom stereocenters. The lowest BCUT2D eigenvalue weighted by molar-refractivity contribution is -0.131. The van der Waals surface area contributed by atoms with Gasteiger partial charge in [-0.25, -0.2) is 0 Å². The number of hydrogen-bond acceptors (Lipinski definition) is 3. The van der Waals surface area contributed by atoms with Gasteiger partial charge in [0.15, 0.2) is 0 Å². The third-order valence-electron chi connectivity index (χ3n) is 2.79. The lowest BCUT2D eigenvalue weighted by Crippen LogP contribution is -2.26. The van der Waals surface area contributed by atoms with Crippen molar-refractivity contribution < 1.29 is 14.3 Å². The lowest BCUT2D eigenvalue weighted by atomic mass is 10.0. The van der Waals surface area contributed by atoms with E-state index in [0.717, 1.165) is 37.2 Å². The van der Waals surface area contributed by atoms with E-state index in [1.807, 2.05) is 12.1 Å². The van der Waals surface area contributed by atoms with Gasteiger partial charge >= 0.3 is 0 Å². The first-order valence-electron chi connectivity index (χ1n) is 5.77. The van der Waals surface area contributed by atoms with Crippen LogP contribution in [0, 0.1) is 0 Å². The van der Waals surface area contributed by atoms with E-state index >= 15 is 0 Å². The van der Waals surface area contributed by atoms with Gasteiger partial charge in [-0.15, -0.1) is 0 Å². The zero-order valence-corrected chi connectivity index (χ0v) is 9.57. The molecule has 0 atom stereocenters. The number of aryl methyl sites for hydroxylation is 1. The largest absolute Gasteiger partial charge is 0.493 e. The van der Waals surface area contributed by atoms with Crippen LogP contribution in [-0.4, -0.2) is 25.3 Å². The first kappa shape index (κ1) is 11.6. The minimum Gasteiger partial charge on any atom is -0.493 e. The maximum Gasteiger partial charge on any atom is 0.284 e. The normalized spacial score (nSPS) is 13.4. The number of nitrogens with one attached hydrogen (secondary N) is 1. The quantitative estimate of drug-likeness (QED) is 0.620. The molecule has 0 bridgehead atoms. The van der Waals surface area contributed by atoms with Gasteiger partial charge in [-0.2, -0.15) is 0 Å². The van der Waals surface area contributed by atoms with Crippen molar-refractivity contribution in [2.24, 2.45) is 0 Å². The van der Waals surface area contributed by atoms with Gasteiger partial charge in [0.25, 0.3) is 5.91 Å². The van der Waals surface area contributed by atoms with Gasteiger partial charge in [0.1, 0.15) is 5.75 Å². The van der Waals surface area contributed by atoms with Crippen molar-refractivity contribution in [1.29, 1.82) is 0 Å². The summed E-state index contributed by atoms with van der Waals surface area (Å²) in [6.07, 6.45) is 3.12. The molecular formula is C13H15NO3. The van der Waals surface area contributed by atoms with E-state index in [-0.39, 0.29) is 0 Å². The molecule has 1 aromatic rings. The van der Waals surface area contributed by atoms with Crippen molar-refractivity contribution in [2.45, 2.75) is 19.3 Å². The molecule has 0 aliphatic carbocycles. The Labute approximate surface area is 100.0 Å². The van der Waals surface area contributed by atoms with E-state index in [9.17, 15) is 9.59 Å². The molecule has 90 valence electrons. The Morgan fingerprint density at radius 1 is 1.47 bits per heavy atom. The zero-order chi connectivity index (χ0) is 12.1. The number of carbonyl (C=O) groups excluding carboxylic acids is 2. The fourth-order valence-corrected chi connectivity index (χ4v) is 1.94. The molecule has 4 nitrogen and oxygen atoms in total. The Kier molecular flexibility index (Phi) is 3.75. The monoisotopic (exact) mass is 233 g/mol. The minimum absolute atomic E-state index is 0.292. The predicted octanol–water partition coefficient (Wildman–Crippen LogP) is 0.869. The van der Waals surface area contributed by atoms with Crippen molar-refractivity contribution in [3.8, 4) is 5.75 Å². The summed E-state index contributed by atoms with van der Waals surface area (Å²) in [4.78, 5) is 20.8. The first-order chi connectivity index (χ1) is 8.29. The number of aldehydes is 1. The van der Waals surface area contributed by atoms with E-state index in [2.05, 4.69) is 11.4 Å². The van der Waals surface area contributed by atoms with Crippen LogP contribution < -0.4 is 10.1 Å². The molecule has 1 aliphatic rings. The summed E-state index contributed by atoms with van der Waals surface area (Å²) in [5.74, 6) is 0.406. The van der Waals surface area contributed by atoms with Gasteiger partial charge in [-0.05, 0) is 36.5 Å². The van der Waals surface area contributed by atoms with E-state index in [4.69, 9.17) is 4.74 Å². The number of hydrogen-bond donors (Lipinski definition) is 1. The van der Waals surface area contributed by atoms with Gasteiger partial charge in [0.05, 0.1) is 6.61 Å². The summed E-state index contributed by atoms with van der Waals surface area (Å²) in [6, 6.07) is 6.09. The number of benzene rings is 1. The molecule has 0 saturated carbocycles. The van der Waals surface area contributed by atoms with Crippen LogP contribution in [0.2, 0.25) is 0 Å². The predicted molar refractivity (Wildman–Crippen MR) is 63.0 cm³/mol. The summed E-state index contributed by atoms with van der Waals surface area (Å²) >= 11 is 0. The fraction of sp³-hybridized carbons (Fsp3) is 0.385. The average molecular weight is 233 g/mol. The topological polar surface area (TPSA) is 55.4 Å². The highest BCUT2D eigenvalue weighted by Crippen LogP contribution is 2.25. The molecular weight excluding hydrogens is 218 g/mol. The van der Waals surface area contributed by atoms with Crippen LogP contribution >= 0.6 is 0 Å². The van der Waals surface area contributed by atoms with Crippen LogP contribution in [0.5, 0.6) is 5.75 Å². The molecule has 2 rings (SSSR count). The number of carbonyl (C=O) groups is 2. The first-order valence-corrected chi connectivity index (χ1v) is 5.77. The standard InChI is InChI=1S/C13H15NO3/c15-9-13(16)14-6-5-10-3-4-12-11(8-10)2-1-7-17-12/h3-4,8-9H,1-2,5-7H2,(H,14,16). The molecule has 1 amide bonds. The van der Waals surface area contributed by atoms with E-state index < -0.39 is 5.91 Å². The highest BCUT2D eigenvalue weighted by molar-refractivity contribution is 6.23. The summed E-state index contributed by atoms with van der Waals surface area (Å²) in [5, 5.41) is 2.52. The molecule has 0 radical (unpaired) electrons. The average Bonchev–Trinajstić information content (AvgIpc) is 2.38. The summed E-state index contributed by atoms with van der Waals surface area (Å²) in [5.41, 5.74) is 2.39. The van der Waals surface area contributed by atoms with Crippen molar-refractivity contribution in [3.05, 3.63) is 29.3 Å². The SMILES string of the molecule is O=CC(=O)NCCc1ccc2c(c1)CCCO2.